The SMILES string of the molecule is C1=Cc2oc3c(-c4ccc(-c5cc(C6OC=Cc7c6oc6ccccc76)cc(-c6ccccc6)n5)cc4)nc4ccccc4c3c2CC1. The van der Waals surface area contributed by atoms with Gasteiger partial charge in [0.1, 0.15) is 17.0 Å². The van der Waals surface area contributed by atoms with Gasteiger partial charge in [-0.25, -0.2) is 9.97 Å². The molecule has 5 heteroatoms. The van der Waals surface area contributed by atoms with Crippen molar-refractivity contribution >= 4 is 45.0 Å². The molecule has 1 unspecified atom stereocenters. The van der Waals surface area contributed by atoms with E-state index in [2.05, 4.69) is 84.9 Å². The molecule has 48 heavy (non-hydrogen) atoms. The molecule has 228 valence electrons. The standard InChI is InChI=1S/C43H28N2O3/c1-2-10-26(11-3-1)35-24-29(41-42-31(22-23-46-41)30-12-5-8-16-37(30)47-42)25-36(44-35)27-18-20-28(21-19-27)40-43-39(32-13-4-7-15-34(32)45-40)33-14-6-9-17-38(33)48-43/h1-5,7-13,15-25,41H,6,14H2. The minimum Gasteiger partial charge on any atom is -0.485 e. The maximum absolute atomic E-state index is 6.51. The number of furan rings is 2. The molecule has 0 saturated heterocycles. The van der Waals surface area contributed by atoms with E-state index in [1.54, 1.807) is 6.26 Å². The van der Waals surface area contributed by atoms with Crippen LogP contribution < -0.4 is 0 Å². The summed E-state index contributed by atoms with van der Waals surface area (Å²) >= 11 is 0. The molecule has 8 aromatic rings. The van der Waals surface area contributed by atoms with Crippen molar-refractivity contribution in [2.45, 2.75) is 18.9 Å². The van der Waals surface area contributed by atoms with Gasteiger partial charge in [-0.3, -0.25) is 0 Å². The summed E-state index contributed by atoms with van der Waals surface area (Å²) in [6.07, 6.45) is 9.61. The lowest BCUT2D eigenvalue weighted by Crippen LogP contribution is -2.07. The Morgan fingerprint density at radius 3 is 2.23 bits per heavy atom. The van der Waals surface area contributed by atoms with Gasteiger partial charge in [0.05, 0.1) is 23.2 Å². The Hall–Kier alpha value is -6.20. The highest BCUT2D eigenvalue weighted by Gasteiger charge is 2.28. The van der Waals surface area contributed by atoms with E-state index in [0.717, 1.165) is 96.7 Å². The van der Waals surface area contributed by atoms with Crippen molar-refractivity contribution in [3.63, 3.8) is 0 Å². The largest absolute Gasteiger partial charge is 0.485 e. The number of para-hydroxylation sites is 2. The molecule has 4 aromatic heterocycles. The summed E-state index contributed by atoms with van der Waals surface area (Å²) < 4.78 is 19.2. The first kappa shape index (κ1) is 27.0. The van der Waals surface area contributed by atoms with Gasteiger partial charge in [-0.05, 0) is 49.3 Å². The summed E-state index contributed by atoms with van der Waals surface area (Å²) in [7, 11) is 0. The number of ether oxygens (including phenoxy) is 1. The van der Waals surface area contributed by atoms with Crippen LogP contribution >= 0.6 is 0 Å². The summed E-state index contributed by atoms with van der Waals surface area (Å²) in [4.78, 5) is 10.3. The molecule has 0 N–H and O–H groups in total. The van der Waals surface area contributed by atoms with E-state index in [0.29, 0.717) is 0 Å². The Bertz CT molecular complexity index is 2590. The number of pyridine rings is 2. The predicted molar refractivity (Wildman–Crippen MR) is 191 cm³/mol. The molecular weight excluding hydrogens is 592 g/mol. The van der Waals surface area contributed by atoms with Crippen molar-refractivity contribution in [2.24, 2.45) is 0 Å². The fourth-order valence-electron chi connectivity index (χ4n) is 7.22. The van der Waals surface area contributed by atoms with Gasteiger partial charge in [-0.2, -0.15) is 0 Å². The average Bonchev–Trinajstić information content (AvgIpc) is 3.74. The van der Waals surface area contributed by atoms with Crippen LogP contribution in [0.25, 0.3) is 78.8 Å². The summed E-state index contributed by atoms with van der Waals surface area (Å²) in [5.74, 6) is 1.74. The Kier molecular flexibility index (Phi) is 6.00. The molecule has 4 aromatic carbocycles. The van der Waals surface area contributed by atoms with Gasteiger partial charge < -0.3 is 13.6 Å². The minimum atomic E-state index is -0.407. The molecule has 0 amide bonds. The van der Waals surface area contributed by atoms with Crippen LogP contribution in [0.15, 0.2) is 136 Å². The van der Waals surface area contributed by atoms with Gasteiger partial charge in [0.25, 0.3) is 0 Å². The molecule has 2 aliphatic rings. The van der Waals surface area contributed by atoms with Crippen LogP contribution in [0.3, 0.4) is 0 Å². The van der Waals surface area contributed by atoms with Crippen molar-refractivity contribution in [1.82, 2.24) is 9.97 Å². The van der Waals surface area contributed by atoms with Crippen molar-refractivity contribution in [3.8, 4) is 33.8 Å². The van der Waals surface area contributed by atoms with Crippen LogP contribution in [0.2, 0.25) is 0 Å². The fraction of sp³-hybridized carbons (Fsp3) is 0.0698. The molecule has 0 radical (unpaired) electrons. The van der Waals surface area contributed by atoms with Gasteiger partial charge in [0, 0.05) is 49.5 Å². The predicted octanol–water partition coefficient (Wildman–Crippen LogP) is 11.2. The minimum absolute atomic E-state index is 0.407. The Balaban J connectivity index is 1.10. The van der Waals surface area contributed by atoms with Crippen LogP contribution in [-0.4, -0.2) is 9.97 Å². The van der Waals surface area contributed by atoms with E-state index in [1.165, 1.54) is 10.9 Å². The average molecular weight is 621 g/mol. The second-order valence-corrected chi connectivity index (χ2v) is 12.4. The number of allylic oxidation sites excluding steroid dienone is 1. The zero-order chi connectivity index (χ0) is 31.6. The van der Waals surface area contributed by atoms with Gasteiger partial charge in [-0.1, -0.05) is 97.1 Å². The Labute approximate surface area is 276 Å². The zero-order valence-electron chi connectivity index (χ0n) is 25.9. The van der Waals surface area contributed by atoms with Crippen molar-refractivity contribution < 1.29 is 13.6 Å². The lowest BCUT2D eigenvalue weighted by molar-refractivity contribution is 0.157. The number of fused-ring (bicyclic) bond motifs is 8. The molecular formula is C43H28N2O3. The van der Waals surface area contributed by atoms with Crippen molar-refractivity contribution in [3.05, 3.63) is 156 Å². The summed E-state index contributed by atoms with van der Waals surface area (Å²) in [5.41, 5.74) is 11.5. The summed E-state index contributed by atoms with van der Waals surface area (Å²) in [6.45, 7) is 0. The van der Waals surface area contributed by atoms with E-state index >= 15 is 0 Å². The molecule has 1 aliphatic carbocycles. The van der Waals surface area contributed by atoms with Crippen LogP contribution in [0, 0.1) is 0 Å². The van der Waals surface area contributed by atoms with Gasteiger partial charge in [-0.15, -0.1) is 0 Å². The normalized spacial score (nSPS) is 15.1. The van der Waals surface area contributed by atoms with Crippen LogP contribution in [0.1, 0.15) is 40.7 Å². The van der Waals surface area contributed by atoms with E-state index in [-0.39, 0.29) is 0 Å². The third kappa shape index (κ3) is 4.25. The number of aromatic nitrogens is 2. The molecule has 10 rings (SSSR count). The van der Waals surface area contributed by atoms with Gasteiger partial charge >= 0.3 is 0 Å². The molecule has 0 fully saturated rings. The fourth-order valence-corrected chi connectivity index (χ4v) is 7.22. The van der Waals surface area contributed by atoms with Gasteiger partial charge in [0.2, 0.25) is 0 Å². The van der Waals surface area contributed by atoms with Gasteiger partial charge in [0.15, 0.2) is 17.4 Å². The third-order valence-electron chi connectivity index (χ3n) is 9.51. The molecule has 1 atom stereocenters. The highest BCUT2D eigenvalue weighted by Crippen LogP contribution is 2.42. The lowest BCUT2D eigenvalue weighted by atomic mass is 9.96. The van der Waals surface area contributed by atoms with E-state index in [1.807, 2.05) is 48.5 Å². The first-order valence-corrected chi connectivity index (χ1v) is 16.3. The van der Waals surface area contributed by atoms with Crippen LogP contribution in [0.4, 0.5) is 0 Å². The van der Waals surface area contributed by atoms with Crippen LogP contribution in [-0.2, 0) is 11.2 Å². The van der Waals surface area contributed by atoms with E-state index < -0.39 is 6.10 Å². The maximum Gasteiger partial charge on any atom is 0.181 e. The second kappa shape index (κ2) is 10.7. The molecule has 1 aliphatic heterocycles. The van der Waals surface area contributed by atoms with Crippen molar-refractivity contribution in [1.29, 1.82) is 0 Å². The summed E-state index contributed by atoms with van der Waals surface area (Å²) in [6, 6.07) is 39.4. The number of rotatable bonds is 4. The number of aryl methyl sites for hydroxylation is 1. The van der Waals surface area contributed by atoms with Crippen LogP contribution in [0.5, 0.6) is 0 Å². The van der Waals surface area contributed by atoms with E-state index in [4.69, 9.17) is 23.5 Å². The highest BCUT2D eigenvalue weighted by molar-refractivity contribution is 6.11. The molecule has 0 spiro atoms. The quantitative estimate of drug-likeness (QED) is 0.196. The molecule has 0 bridgehead atoms. The Morgan fingerprint density at radius 2 is 1.38 bits per heavy atom. The number of nitrogens with zero attached hydrogens (tertiary/aromatic N) is 2. The topological polar surface area (TPSA) is 61.3 Å². The second-order valence-electron chi connectivity index (χ2n) is 12.4. The zero-order valence-corrected chi connectivity index (χ0v) is 25.9. The smallest absolute Gasteiger partial charge is 0.181 e. The number of hydrogen-bond donors (Lipinski definition) is 0. The number of hydrogen-bond acceptors (Lipinski definition) is 5. The Morgan fingerprint density at radius 1 is 0.646 bits per heavy atom. The first-order chi connectivity index (χ1) is 23.8. The maximum atomic E-state index is 6.51. The lowest BCUT2D eigenvalue weighted by Gasteiger charge is -2.21. The summed E-state index contributed by atoms with van der Waals surface area (Å²) in [5, 5.41) is 3.39. The highest BCUT2D eigenvalue weighted by atomic mass is 16.5. The monoisotopic (exact) mass is 620 g/mol. The van der Waals surface area contributed by atoms with Crippen molar-refractivity contribution in [2.75, 3.05) is 0 Å². The first-order valence-electron chi connectivity index (χ1n) is 16.3. The third-order valence-corrected chi connectivity index (χ3v) is 9.51. The molecule has 5 heterocycles. The van der Waals surface area contributed by atoms with E-state index in [9.17, 15) is 0 Å². The molecule has 0 saturated carbocycles. The molecule has 5 nitrogen and oxygen atoms in total. The number of benzene rings is 4.